The Morgan fingerprint density at radius 2 is 2.00 bits per heavy atom. The van der Waals surface area contributed by atoms with E-state index in [2.05, 4.69) is 20.2 Å². The molecule has 0 radical (unpaired) electrons. The van der Waals surface area contributed by atoms with Crippen LogP contribution in [0, 0.1) is 0 Å². The lowest BCUT2D eigenvalue weighted by Gasteiger charge is -2.23. The number of amides is 1. The van der Waals surface area contributed by atoms with Crippen molar-refractivity contribution < 1.29 is 4.79 Å². The average molecular weight is 317 g/mol. The number of carbonyl (C=O) groups is 1. The van der Waals surface area contributed by atoms with Crippen molar-refractivity contribution in [2.75, 3.05) is 13.6 Å². The Morgan fingerprint density at radius 1 is 1.30 bits per heavy atom. The Hall–Kier alpha value is -1.53. The third kappa shape index (κ3) is 3.87. The lowest BCUT2D eigenvalue weighted by Crippen LogP contribution is -2.41. The van der Waals surface area contributed by atoms with Crippen LogP contribution < -0.4 is 11.1 Å². The molecule has 0 aromatic carbocycles. The molecule has 2 fully saturated rings. The summed E-state index contributed by atoms with van der Waals surface area (Å²) in [5.74, 6) is 1.55. The highest BCUT2D eigenvalue weighted by molar-refractivity contribution is 5.81. The van der Waals surface area contributed by atoms with E-state index >= 15 is 0 Å². The van der Waals surface area contributed by atoms with E-state index in [0.717, 1.165) is 17.9 Å². The molecule has 2 atom stereocenters. The van der Waals surface area contributed by atoms with Crippen LogP contribution in [0.25, 0.3) is 0 Å². The molecule has 1 saturated heterocycles. The van der Waals surface area contributed by atoms with Gasteiger partial charge in [-0.2, -0.15) is 0 Å². The van der Waals surface area contributed by atoms with Gasteiger partial charge in [-0.25, -0.2) is 9.97 Å². The summed E-state index contributed by atoms with van der Waals surface area (Å²) >= 11 is 0. The van der Waals surface area contributed by atoms with E-state index in [1.807, 2.05) is 12.4 Å². The summed E-state index contributed by atoms with van der Waals surface area (Å²) in [7, 11) is 1.67. The summed E-state index contributed by atoms with van der Waals surface area (Å²) in [4.78, 5) is 23.3. The molecule has 23 heavy (non-hydrogen) atoms. The number of nitrogens with one attached hydrogen (secondary N) is 1. The molecule has 2 heterocycles. The average Bonchev–Trinajstić information content (AvgIpc) is 2.96. The molecule has 3 rings (SSSR count). The first-order chi connectivity index (χ1) is 11.2. The second-order valence-corrected chi connectivity index (χ2v) is 6.84. The molecule has 1 aromatic heterocycles. The molecular formula is C17H27N5O. The van der Waals surface area contributed by atoms with Gasteiger partial charge in [0.2, 0.25) is 5.91 Å². The molecule has 6 heteroatoms. The Morgan fingerprint density at radius 3 is 2.65 bits per heavy atom. The van der Waals surface area contributed by atoms with Gasteiger partial charge in [-0.3, -0.25) is 9.69 Å². The van der Waals surface area contributed by atoms with Crippen LogP contribution in [0.15, 0.2) is 12.4 Å². The topological polar surface area (TPSA) is 84.1 Å². The molecule has 0 unspecified atom stereocenters. The minimum Gasteiger partial charge on any atom is -0.358 e. The summed E-state index contributed by atoms with van der Waals surface area (Å²) in [5, 5.41) is 2.73. The molecule has 126 valence electrons. The van der Waals surface area contributed by atoms with Crippen LogP contribution in [0.4, 0.5) is 0 Å². The second kappa shape index (κ2) is 7.36. The standard InChI is InChI=1S/C17H27N5O/c1-19-17(23)15-7-14(18)11-22(15)10-12-8-20-16(21-9-12)13-5-3-2-4-6-13/h8-9,13-15H,2-7,10-11,18H2,1H3,(H,19,23)/t14-,15+/m1/s1. The van der Waals surface area contributed by atoms with Crippen LogP contribution in [0.5, 0.6) is 0 Å². The Kier molecular flexibility index (Phi) is 5.23. The number of hydrogen-bond acceptors (Lipinski definition) is 5. The van der Waals surface area contributed by atoms with E-state index in [1.165, 1.54) is 32.1 Å². The highest BCUT2D eigenvalue weighted by Crippen LogP contribution is 2.30. The minimum atomic E-state index is -0.145. The van der Waals surface area contributed by atoms with Crippen molar-refractivity contribution in [2.45, 2.75) is 63.1 Å². The Bertz CT molecular complexity index is 526. The highest BCUT2D eigenvalue weighted by atomic mass is 16.2. The highest BCUT2D eigenvalue weighted by Gasteiger charge is 2.34. The van der Waals surface area contributed by atoms with E-state index in [4.69, 9.17) is 5.73 Å². The van der Waals surface area contributed by atoms with Crippen molar-refractivity contribution in [1.82, 2.24) is 20.2 Å². The van der Waals surface area contributed by atoms with Crippen LogP contribution >= 0.6 is 0 Å². The first-order valence-corrected chi connectivity index (χ1v) is 8.69. The van der Waals surface area contributed by atoms with E-state index < -0.39 is 0 Å². The number of likely N-dealkylation sites (N-methyl/N-ethyl adjacent to an activating group) is 1. The number of likely N-dealkylation sites (tertiary alicyclic amines) is 1. The predicted octanol–water partition coefficient (Wildman–Crippen LogP) is 1.17. The molecule has 2 aliphatic rings. The molecule has 1 aliphatic carbocycles. The van der Waals surface area contributed by atoms with Crippen molar-refractivity contribution in [1.29, 1.82) is 0 Å². The van der Waals surface area contributed by atoms with Gasteiger partial charge in [0.15, 0.2) is 0 Å². The van der Waals surface area contributed by atoms with Gasteiger partial charge in [0.05, 0.1) is 6.04 Å². The monoisotopic (exact) mass is 317 g/mol. The third-order valence-electron chi connectivity index (χ3n) is 5.07. The van der Waals surface area contributed by atoms with Gasteiger partial charge in [0.1, 0.15) is 5.82 Å². The zero-order valence-electron chi connectivity index (χ0n) is 13.9. The van der Waals surface area contributed by atoms with E-state index in [-0.39, 0.29) is 18.0 Å². The molecule has 1 saturated carbocycles. The zero-order chi connectivity index (χ0) is 16.2. The first kappa shape index (κ1) is 16.3. The van der Waals surface area contributed by atoms with Crippen molar-refractivity contribution in [3.05, 3.63) is 23.8 Å². The summed E-state index contributed by atoms with van der Waals surface area (Å²) in [6, 6.07) is -0.0900. The number of nitrogens with two attached hydrogens (primary N) is 1. The molecule has 3 N–H and O–H groups in total. The fraction of sp³-hybridized carbons (Fsp3) is 0.706. The Balaban J connectivity index is 1.64. The smallest absolute Gasteiger partial charge is 0.237 e. The molecule has 0 bridgehead atoms. The summed E-state index contributed by atoms with van der Waals surface area (Å²) in [6.45, 7) is 1.42. The fourth-order valence-corrected chi connectivity index (χ4v) is 3.81. The van der Waals surface area contributed by atoms with E-state index in [0.29, 0.717) is 18.9 Å². The summed E-state index contributed by atoms with van der Waals surface area (Å²) in [6.07, 6.45) is 10.9. The fourth-order valence-electron chi connectivity index (χ4n) is 3.81. The maximum atomic E-state index is 12.0. The minimum absolute atomic E-state index is 0.0395. The second-order valence-electron chi connectivity index (χ2n) is 6.84. The van der Waals surface area contributed by atoms with Crippen LogP contribution in [-0.2, 0) is 11.3 Å². The van der Waals surface area contributed by atoms with E-state index in [1.54, 1.807) is 7.05 Å². The van der Waals surface area contributed by atoms with Gasteiger partial charge >= 0.3 is 0 Å². The maximum Gasteiger partial charge on any atom is 0.237 e. The molecule has 0 spiro atoms. The van der Waals surface area contributed by atoms with E-state index in [9.17, 15) is 4.79 Å². The predicted molar refractivity (Wildman–Crippen MR) is 88.7 cm³/mol. The number of nitrogens with zero attached hydrogens (tertiary/aromatic N) is 3. The zero-order valence-corrected chi connectivity index (χ0v) is 13.9. The molecule has 1 amide bonds. The Labute approximate surface area is 137 Å². The number of hydrogen-bond donors (Lipinski definition) is 2. The van der Waals surface area contributed by atoms with Gasteiger partial charge in [-0.1, -0.05) is 19.3 Å². The van der Waals surface area contributed by atoms with Crippen molar-refractivity contribution in [3.63, 3.8) is 0 Å². The largest absolute Gasteiger partial charge is 0.358 e. The molecular weight excluding hydrogens is 290 g/mol. The lowest BCUT2D eigenvalue weighted by molar-refractivity contribution is -0.125. The van der Waals surface area contributed by atoms with Crippen molar-refractivity contribution >= 4 is 5.91 Å². The lowest BCUT2D eigenvalue weighted by atomic mass is 9.89. The normalized spacial score (nSPS) is 26.3. The van der Waals surface area contributed by atoms with Gasteiger partial charge < -0.3 is 11.1 Å². The van der Waals surface area contributed by atoms with Crippen LogP contribution in [0.3, 0.4) is 0 Å². The van der Waals surface area contributed by atoms with Crippen LogP contribution in [0.2, 0.25) is 0 Å². The number of rotatable bonds is 4. The van der Waals surface area contributed by atoms with Gasteiger partial charge in [-0.15, -0.1) is 0 Å². The number of carbonyl (C=O) groups excluding carboxylic acids is 1. The molecule has 1 aromatic rings. The first-order valence-electron chi connectivity index (χ1n) is 8.69. The summed E-state index contributed by atoms with van der Waals surface area (Å²) < 4.78 is 0. The quantitative estimate of drug-likeness (QED) is 0.871. The maximum absolute atomic E-state index is 12.0. The number of aromatic nitrogens is 2. The van der Waals surface area contributed by atoms with Gasteiger partial charge in [-0.05, 0) is 19.3 Å². The van der Waals surface area contributed by atoms with Crippen molar-refractivity contribution in [3.8, 4) is 0 Å². The third-order valence-corrected chi connectivity index (χ3v) is 5.07. The van der Waals surface area contributed by atoms with Gasteiger partial charge in [0, 0.05) is 50.1 Å². The van der Waals surface area contributed by atoms with Crippen LogP contribution in [-0.4, -0.2) is 46.5 Å². The van der Waals surface area contributed by atoms with Gasteiger partial charge in [0.25, 0.3) is 0 Å². The van der Waals surface area contributed by atoms with Crippen LogP contribution in [0.1, 0.15) is 55.8 Å². The molecule has 6 nitrogen and oxygen atoms in total. The van der Waals surface area contributed by atoms with Crippen molar-refractivity contribution in [2.24, 2.45) is 5.73 Å². The molecule has 1 aliphatic heterocycles. The SMILES string of the molecule is CNC(=O)[C@@H]1C[C@@H](N)CN1Cc1cnc(C2CCCCC2)nc1. The summed E-state index contributed by atoms with van der Waals surface area (Å²) in [5.41, 5.74) is 7.08.